The number of hydrogen-bond donors (Lipinski definition) is 2. The van der Waals surface area contributed by atoms with E-state index >= 15 is 0 Å². The van der Waals surface area contributed by atoms with Gasteiger partial charge in [0.05, 0.1) is 24.6 Å². The van der Waals surface area contributed by atoms with E-state index in [1.807, 2.05) is 12.1 Å². The summed E-state index contributed by atoms with van der Waals surface area (Å²) >= 11 is 0. The second-order valence-corrected chi connectivity index (χ2v) is 7.73. The highest BCUT2D eigenvalue weighted by molar-refractivity contribution is 5.87. The van der Waals surface area contributed by atoms with Gasteiger partial charge in [-0.1, -0.05) is 12.1 Å². The summed E-state index contributed by atoms with van der Waals surface area (Å²) in [5.74, 6) is -0.317. The van der Waals surface area contributed by atoms with Gasteiger partial charge in [-0.25, -0.2) is 14.5 Å². The van der Waals surface area contributed by atoms with Crippen molar-refractivity contribution in [3.8, 4) is 17.6 Å². The molecule has 2 N–H and O–H groups in total. The summed E-state index contributed by atoms with van der Waals surface area (Å²) in [6.07, 6.45) is 9.32. The standard InChI is InChI=1S/C22H22N6O4/c29-20-19-17(25-22(26-20)28-13-15(11-23-28)21(30)31)12-24-27(19)9-4-10-32-18-8-3-6-14-5-1-2-7-16(14)18/h3,6,8,11-13H,1-2,4-5,7,9-10H2,(H,30,31)(H,25,26,29). The van der Waals surface area contributed by atoms with Crippen LogP contribution < -0.4 is 4.74 Å². The Kier molecular flexibility index (Phi) is 5.18. The Morgan fingerprint density at radius 1 is 1.12 bits per heavy atom. The molecule has 0 fully saturated rings. The van der Waals surface area contributed by atoms with Crippen LogP contribution in [0.15, 0.2) is 36.8 Å². The number of nitrogens with zero attached hydrogens (tertiary/aromatic N) is 6. The minimum Gasteiger partial charge on any atom is -0.493 e. The highest BCUT2D eigenvalue weighted by atomic mass is 16.5. The zero-order valence-electron chi connectivity index (χ0n) is 17.3. The van der Waals surface area contributed by atoms with Gasteiger partial charge in [0.2, 0.25) is 5.88 Å². The van der Waals surface area contributed by atoms with E-state index < -0.39 is 5.97 Å². The van der Waals surface area contributed by atoms with Gasteiger partial charge in [-0.15, -0.1) is 0 Å². The predicted octanol–water partition coefficient (Wildman–Crippen LogP) is 2.76. The van der Waals surface area contributed by atoms with Gasteiger partial charge in [-0.2, -0.15) is 15.2 Å². The number of fused-ring (bicyclic) bond motifs is 2. The van der Waals surface area contributed by atoms with Gasteiger partial charge >= 0.3 is 5.97 Å². The van der Waals surface area contributed by atoms with Crippen molar-refractivity contribution in [1.82, 2.24) is 29.5 Å². The maximum absolute atomic E-state index is 11.0. The third-order valence-electron chi connectivity index (χ3n) is 5.62. The van der Waals surface area contributed by atoms with Crippen molar-refractivity contribution >= 4 is 17.0 Å². The number of aromatic hydroxyl groups is 1. The van der Waals surface area contributed by atoms with Gasteiger partial charge in [0.15, 0.2) is 0 Å². The molecule has 32 heavy (non-hydrogen) atoms. The number of rotatable bonds is 7. The number of aromatic nitrogens is 6. The Morgan fingerprint density at radius 3 is 2.84 bits per heavy atom. The van der Waals surface area contributed by atoms with Gasteiger partial charge in [0.1, 0.15) is 16.8 Å². The maximum Gasteiger partial charge on any atom is 0.338 e. The SMILES string of the molecule is O=C(O)c1cnn(-c2nc(O)c3c(cnn3CCCOc3cccc4c3CCCC4)n2)c1. The molecule has 1 aliphatic carbocycles. The van der Waals surface area contributed by atoms with E-state index in [4.69, 9.17) is 9.84 Å². The molecule has 0 unspecified atom stereocenters. The first-order chi connectivity index (χ1) is 15.6. The lowest BCUT2D eigenvalue weighted by atomic mass is 9.91. The molecule has 5 rings (SSSR count). The summed E-state index contributed by atoms with van der Waals surface area (Å²) in [6, 6.07) is 6.26. The number of aromatic carboxylic acids is 1. The molecule has 3 aromatic heterocycles. The minimum atomic E-state index is -1.10. The monoisotopic (exact) mass is 434 g/mol. The molecule has 10 heteroatoms. The van der Waals surface area contributed by atoms with Crippen LogP contribution in [-0.2, 0) is 19.4 Å². The van der Waals surface area contributed by atoms with Crippen molar-refractivity contribution in [2.45, 2.75) is 38.6 Å². The highest BCUT2D eigenvalue weighted by Crippen LogP contribution is 2.29. The van der Waals surface area contributed by atoms with Crippen LogP contribution >= 0.6 is 0 Å². The number of carboxylic acids is 1. The van der Waals surface area contributed by atoms with E-state index in [1.165, 1.54) is 47.2 Å². The van der Waals surface area contributed by atoms with E-state index in [2.05, 4.69) is 26.2 Å². The van der Waals surface area contributed by atoms with Crippen molar-refractivity contribution in [1.29, 1.82) is 0 Å². The second kappa shape index (κ2) is 8.29. The molecule has 3 heterocycles. The van der Waals surface area contributed by atoms with Crippen LogP contribution in [-0.4, -0.2) is 52.3 Å². The lowest BCUT2D eigenvalue weighted by Gasteiger charge is -2.19. The Bertz CT molecular complexity index is 1300. The fourth-order valence-corrected chi connectivity index (χ4v) is 4.06. The smallest absolute Gasteiger partial charge is 0.338 e. The number of hydrogen-bond acceptors (Lipinski definition) is 7. The molecule has 0 amide bonds. The van der Waals surface area contributed by atoms with Crippen molar-refractivity contribution in [3.05, 3.63) is 53.5 Å². The van der Waals surface area contributed by atoms with Crippen LogP contribution in [0.25, 0.3) is 17.0 Å². The number of benzene rings is 1. The van der Waals surface area contributed by atoms with Crippen molar-refractivity contribution < 1.29 is 19.7 Å². The molecular formula is C22H22N6O4. The number of aryl methyl sites for hydroxylation is 2. The third kappa shape index (κ3) is 3.75. The van der Waals surface area contributed by atoms with Crippen molar-refractivity contribution in [2.75, 3.05) is 6.61 Å². The average molecular weight is 434 g/mol. The lowest BCUT2D eigenvalue weighted by Crippen LogP contribution is -2.09. The lowest BCUT2D eigenvalue weighted by molar-refractivity contribution is 0.0697. The zero-order chi connectivity index (χ0) is 22.1. The molecular weight excluding hydrogens is 412 g/mol. The van der Waals surface area contributed by atoms with E-state index in [0.29, 0.717) is 30.6 Å². The fraction of sp³-hybridized carbons (Fsp3) is 0.318. The first-order valence-electron chi connectivity index (χ1n) is 10.5. The minimum absolute atomic E-state index is 0.00330. The van der Waals surface area contributed by atoms with Gasteiger partial charge in [-0.05, 0) is 42.9 Å². The zero-order valence-corrected chi connectivity index (χ0v) is 17.3. The molecule has 0 saturated heterocycles. The van der Waals surface area contributed by atoms with Gasteiger partial charge < -0.3 is 14.9 Å². The summed E-state index contributed by atoms with van der Waals surface area (Å²) in [5.41, 5.74) is 3.57. The molecule has 10 nitrogen and oxygen atoms in total. The quantitative estimate of drug-likeness (QED) is 0.425. The Labute approximate surface area is 183 Å². The molecule has 0 aliphatic heterocycles. The van der Waals surface area contributed by atoms with Gasteiger partial charge in [0, 0.05) is 19.2 Å². The van der Waals surface area contributed by atoms with Crippen molar-refractivity contribution in [2.24, 2.45) is 0 Å². The maximum atomic E-state index is 11.0. The number of ether oxygens (including phenoxy) is 1. The molecule has 0 atom stereocenters. The van der Waals surface area contributed by atoms with E-state index in [9.17, 15) is 9.90 Å². The summed E-state index contributed by atoms with van der Waals surface area (Å²) in [4.78, 5) is 19.5. The van der Waals surface area contributed by atoms with Crippen LogP contribution in [0.3, 0.4) is 0 Å². The highest BCUT2D eigenvalue weighted by Gasteiger charge is 2.16. The molecule has 1 aliphatic rings. The van der Waals surface area contributed by atoms with Crippen LogP contribution in [0, 0.1) is 0 Å². The molecule has 4 aromatic rings. The Morgan fingerprint density at radius 2 is 2.00 bits per heavy atom. The fourth-order valence-electron chi connectivity index (χ4n) is 4.06. The molecule has 0 radical (unpaired) electrons. The largest absolute Gasteiger partial charge is 0.493 e. The first-order valence-corrected chi connectivity index (χ1v) is 10.5. The molecule has 164 valence electrons. The van der Waals surface area contributed by atoms with Crippen LogP contribution in [0.2, 0.25) is 0 Å². The van der Waals surface area contributed by atoms with Gasteiger partial charge in [-0.3, -0.25) is 4.68 Å². The van der Waals surface area contributed by atoms with E-state index in [-0.39, 0.29) is 17.4 Å². The second-order valence-electron chi connectivity index (χ2n) is 7.73. The summed E-state index contributed by atoms with van der Waals surface area (Å²) in [5, 5.41) is 27.8. The molecule has 1 aromatic carbocycles. The summed E-state index contributed by atoms with van der Waals surface area (Å²) < 4.78 is 8.89. The van der Waals surface area contributed by atoms with Crippen LogP contribution in [0.1, 0.15) is 40.7 Å². The van der Waals surface area contributed by atoms with E-state index in [0.717, 1.165) is 18.6 Å². The third-order valence-corrected chi connectivity index (χ3v) is 5.62. The molecule has 0 saturated carbocycles. The summed E-state index contributed by atoms with van der Waals surface area (Å²) in [7, 11) is 0. The Balaban J connectivity index is 1.28. The predicted molar refractivity (Wildman–Crippen MR) is 114 cm³/mol. The molecule has 0 bridgehead atoms. The van der Waals surface area contributed by atoms with Crippen molar-refractivity contribution in [3.63, 3.8) is 0 Å². The molecule has 0 spiro atoms. The van der Waals surface area contributed by atoms with Gasteiger partial charge in [0.25, 0.3) is 5.95 Å². The summed E-state index contributed by atoms with van der Waals surface area (Å²) in [6.45, 7) is 1.06. The topological polar surface area (TPSA) is 128 Å². The Hall–Kier alpha value is -3.95. The number of carboxylic acid groups (broad SMARTS) is 1. The first kappa shape index (κ1) is 20.0. The average Bonchev–Trinajstić information content (AvgIpc) is 3.45. The normalized spacial score (nSPS) is 13.2. The van der Waals surface area contributed by atoms with E-state index in [1.54, 1.807) is 4.68 Å². The van der Waals surface area contributed by atoms with Crippen LogP contribution in [0.4, 0.5) is 0 Å². The number of carbonyl (C=O) groups is 1. The van der Waals surface area contributed by atoms with Crippen LogP contribution in [0.5, 0.6) is 11.6 Å².